The van der Waals surface area contributed by atoms with Crippen LogP contribution >= 0.6 is 11.6 Å². The zero-order chi connectivity index (χ0) is 16.4. The van der Waals surface area contributed by atoms with Crippen LogP contribution in [0.25, 0.3) is 11.0 Å². The zero-order valence-corrected chi connectivity index (χ0v) is 12.5. The SMILES string of the molecule is O=C(OCc1c(F)cccc1Cl)c1cc2ccccc2oc1=O. The quantitative estimate of drug-likeness (QED) is 0.538. The molecule has 0 aliphatic carbocycles. The summed E-state index contributed by atoms with van der Waals surface area (Å²) in [4.78, 5) is 23.9. The van der Waals surface area contributed by atoms with E-state index in [2.05, 4.69) is 0 Å². The highest BCUT2D eigenvalue weighted by Crippen LogP contribution is 2.20. The molecule has 116 valence electrons. The minimum Gasteiger partial charge on any atom is -0.457 e. The highest BCUT2D eigenvalue weighted by molar-refractivity contribution is 6.31. The van der Waals surface area contributed by atoms with Gasteiger partial charge in [0.05, 0.1) is 5.02 Å². The van der Waals surface area contributed by atoms with E-state index in [0.29, 0.717) is 11.0 Å². The predicted octanol–water partition coefficient (Wildman–Crippen LogP) is 3.94. The van der Waals surface area contributed by atoms with Crippen LogP contribution < -0.4 is 5.63 Å². The van der Waals surface area contributed by atoms with Crippen molar-refractivity contribution in [3.63, 3.8) is 0 Å². The van der Waals surface area contributed by atoms with E-state index in [0.717, 1.165) is 0 Å². The number of ether oxygens (including phenoxy) is 1. The van der Waals surface area contributed by atoms with Gasteiger partial charge in [0.2, 0.25) is 0 Å². The van der Waals surface area contributed by atoms with Crippen molar-refractivity contribution in [2.75, 3.05) is 0 Å². The number of halogens is 2. The van der Waals surface area contributed by atoms with E-state index in [1.54, 1.807) is 24.3 Å². The maximum absolute atomic E-state index is 13.6. The Morgan fingerprint density at radius 2 is 1.96 bits per heavy atom. The Labute approximate surface area is 135 Å². The first-order valence-electron chi connectivity index (χ1n) is 6.69. The number of hydrogen-bond donors (Lipinski definition) is 0. The standard InChI is InChI=1S/C17H10ClFO4/c18-13-5-3-6-14(19)12(13)9-22-16(20)11-8-10-4-1-2-7-15(10)23-17(11)21/h1-8H,9H2. The molecule has 3 aromatic rings. The van der Waals surface area contributed by atoms with Gasteiger partial charge in [0.15, 0.2) is 0 Å². The molecule has 0 N–H and O–H groups in total. The van der Waals surface area contributed by atoms with Gasteiger partial charge in [-0.3, -0.25) is 0 Å². The number of esters is 1. The van der Waals surface area contributed by atoms with E-state index < -0.39 is 17.4 Å². The van der Waals surface area contributed by atoms with Crippen molar-refractivity contribution in [1.29, 1.82) is 0 Å². The Balaban J connectivity index is 1.86. The van der Waals surface area contributed by atoms with Crippen LogP contribution in [0.4, 0.5) is 4.39 Å². The molecule has 0 atom stereocenters. The van der Waals surface area contributed by atoms with Crippen molar-refractivity contribution >= 4 is 28.5 Å². The van der Waals surface area contributed by atoms with Crippen molar-refractivity contribution in [1.82, 2.24) is 0 Å². The Bertz CT molecular complexity index is 928. The van der Waals surface area contributed by atoms with Gasteiger partial charge in [-0.1, -0.05) is 35.9 Å². The molecule has 0 fully saturated rings. The molecule has 0 aliphatic heterocycles. The first-order chi connectivity index (χ1) is 11.1. The molecule has 0 aliphatic rings. The Kier molecular flexibility index (Phi) is 4.12. The lowest BCUT2D eigenvalue weighted by atomic mass is 10.2. The predicted molar refractivity (Wildman–Crippen MR) is 83.0 cm³/mol. The summed E-state index contributed by atoms with van der Waals surface area (Å²) in [5.41, 5.74) is -0.650. The lowest BCUT2D eigenvalue weighted by Gasteiger charge is -2.07. The first kappa shape index (κ1) is 15.2. The van der Waals surface area contributed by atoms with Gasteiger partial charge < -0.3 is 9.15 Å². The van der Waals surface area contributed by atoms with Gasteiger partial charge in [-0.2, -0.15) is 0 Å². The maximum Gasteiger partial charge on any atom is 0.351 e. The molecule has 4 nitrogen and oxygen atoms in total. The molecular formula is C17H10ClFO4. The number of hydrogen-bond acceptors (Lipinski definition) is 4. The fraction of sp³-hybridized carbons (Fsp3) is 0.0588. The van der Waals surface area contributed by atoms with Crippen molar-refractivity contribution in [2.24, 2.45) is 0 Å². The zero-order valence-electron chi connectivity index (χ0n) is 11.7. The first-order valence-corrected chi connectivity index (χ1v) is 7.07. The normalized spacial score (nSPS) is 10.7. The smallest absolute Gasteiger partial charge is 0.351 e. The molecule has 0 amide bonds. The van der Waals surface area contributed by atoms with Gasteiger partial charge in [0.1, 0.15) is 23.6 Å². The largest absolute Gasteiger partial charge is 0.457 e. The highest BCUT2D eigenvalue weighted by Gasteiger charge is 2.17. The van der Waals surface area contributed by atoms with Crippen molar-refractivity contribution in [3.8, 4) is 0 Å². The number of benzene rings is 2. The fourth-order valence-electron chi connectivity index (χ4n) is 2.09. The van der Waals surface area contributed by atoms with Gasteiger partial charge in [-0.25, -0.2) is 14.0 Å². The lowest BCUT2D eigenvalue weighted by Crippen LogP contribution is -2.16. The Morgan fingerprint density at radius 3 is 2.74 bits per heavy atom. The summed E-state index contributed by atoms with van der Waals surface area (Å²) in [6.07, 6.45) is 0. The van der Waals surface area contributed by atoms with E-state index in [-0.39, 0.29) is 22.8 Å². The molecule has 0 saturated carbocycles. The van der Waals surface area contributed by atoms with E-state index in [9.17, 15) is 14.0 Å². The van der Waals surface area contributed by atoms with E-state index in [1.807, 2.05) is 0 Å². The molecule has 0 bridgehead atoms. The molecular weight excluding hydrogens is 323 g/mol. The maximum atomic E-state index is 13.6. The van der Waals surface area contributed by atoms with Gasteiger partial charge >= 0.3 is 11.6 Å². The van der Waals surface area contributed by atoms with Gasteiger partial charge in [-0.15, -0.1) is 0 Å². The van der Waals surface area contributed by atoms with Gasteiger partial charge in [0, 0.05) is 10.9 Å². The molecule has 1 aromatic heterocycles. The third-order valence-corrected chi connectivity index (χ3v) is 3.62. The Hall–Kier alpha value is -2.66. The monoisotopic (exact) mass is 332 g/mol. The van der Waals surface area contributed by atoms with Crippen molar-refractivity contribution < 1.29 is 18.3 Å². The second-order valence-electron chi connectivity index (χ2n) is 4.76. The summed E-state index contributed by atoms with van der Waals surface area (Å²) < 4.78 is 23.7. The second kappa shape index (κ2) is 6.22. The number of carbonyl (C=O) groups is 1. The van der Waals surface area contributed by atoms with Crippen molar-refractivity contribution in [3.05, 3.63) is 80.9 Å². The third kappa shape index (κ3) is 3.10. The number of fused-ring (bicyclic) bond motifs is 1. The van der Waals surface area contributed by atoms with Crippen LogP contribution in [0.2, 0.25) is 5.02 Å². The van der Waals surface area contributed by atoms with Crippen LogP contribution in [0.1, 0.15) is 15.9 Å². The van der Waals surface area contributed by atoms with Crippen LogP contribution in [0.15, 0.2) is 57.7 Å². The molecule has 0 unspecified atom stereocenters. The lowest BCUT2D eigenvalue weighted by molar-refractivity contribution is 0.0464. The number of para-hydroxylation sites is 1. The van der Waals surface area contributed by atoms with Crippen LogP contribution in [-0.2, 0) is 11.3 Å². The molecule has 6 heteroatoms. The van der Waals surface area contributed by atoms with E-state index >= 15 is 0 Å². The summed E-state index contributed by atoms with van der Waals surface area (Å²) in [5, 5.41) is 0.728. The van der Waals surface area contributed by atoms with Gasteiger partial charge in [-0.05, 0) is 24.3 Å². The van der Waals surface area contributed by atoms with Crippen LogP contribution in [0.3, 0.4) is 0 Å². The molecule has 3 rings (SSSR count). The molecule has 2 aromatic carbocycles. The summed E-state index contributed by atoms with van der Waals surface area (Å²) in [6.45, 7) is -0.378. The van der Waals surface area contributed by atoms with Crippen molar-refractivity contribution in [2.45, 2.75) is 6.61 Å². The summed E-state index contributed by atoms with van der Waals surface area (Å²) in [6, 6.07) is 12.3. The third-order valence-electron chi connectivity index (χ3n) is 3.27. The number of carbonyl (C=O) groups excluding carboxylic acids is 1. The van der Waals surface area contributed by atoms with Crippen LogP contribution in [0, 0.1) is 5.82 Å². The average molecular weight is 333 g/mol. The molecule has 0 saturated heterocycles. The number of rotatable bonds is 3. The Morgan fingerprint density at radius 1 is 1.17 bits per heavy atom. The van der Waals surface area contributed by atoms with E-state index in [4.69, 9.17) is 20.8 Å². The topological polar surface area (TPSA) is 56.5 Å². The van der Waals surface area contributed by atoms with Gasteiger partial charge in [0.25, 0.3) is 0 Å². The summed E-state index contributed by atoms with van der Waals surface area (Å²) in [5.74, 6) is -1.49. The molecule has 1 heterocycles. The molecule has 0 radical (unpaired) electrons. The highest BCUT2D eigenvalue weighted by atomic mass is 35.5. The van der Waals surface area contributed by atoms with E-state index in [1.165, 1.54) is 24.3 Å². The summed E-state index contributed by atoms with van der Waals surface area (Å²) >= 11 is 5.86. The van der Waals surface area contributed by atoms with Crippen LogP contribution in [0.5, 0.6) is 0 Å². The average Bonchev–Trinajstić information content (AvgIpc) is 2.53. The molecule has 0 spiro atoms. The minimum absolute atomic E-state index is 0.0488. The molecule has 23 heavy (non-hydrogen) atoms. The second-order valence-corrected chi connectivity index (χ2v) is 5.17. The fourth-order valence-corrected chi connectivity index (χ4v) is 2.31. The summed E-state index contributed by atoms with van der Waals surface area (Å²) in [7, 11) is 0. The minimum atomic E-state index is -0.899. The van der Waals surface area contributed by atoms with Crippen LogP contribution in [-0.4, -0.2) is 5.97 Å².